The molecule has 0 N–H and O–H groups in total. The molecule has 2 nitrogen and oxygen atoms in total. The molecule has 0 spiro atoms. The average Bonchev–Trinajstić information content (AvgIpc) is 2.18. The minimum Gasteiger partial charge on any atom is -0.299 e. The highest BCUT2D eigenvalue weighted by Gasteiger charge is 2.16. The van der Waals surface area contributed by atoms with Gasteiger partial charge < -0.3 is 0 Å². The molecule has 0 radical (unpaired) electrons. The fourth-order valence-electron chi connectivity index (χ4n) is 1.87. The van der Waals surface area contributed by atoms with Crippen LogP contribution in [0.15, 0.2) is 12.2 Å². The van der Waals surface area contributed by atoms with Gasteiger partial charge >= 0.3 is 0 Å². The molecule has 14 heavy (non-hydrogen) atoms. The van der Waals surface area contributed by atoms with Gasteiger partial charge in [0.1, 0.15) is 0 Å². The first-order chi connectivity index (χ1) is 6.61. The fraction of sp³-hybridized carbons (Fsp3) is 0.750. The lowest BCUT2D eigenvalue weighted by molar-refractivity contribution is -0.118. The highest BCUT2D eigenvalue weighted by molar-refractivity contribution is 5.96. The molecule has 1 heterocycles. The SMILES string of the molecule is C=C(CN1CCCCC1)C(=O)C(C)C. The van der Waals surface area contributed by atoms with Gasteiger partial charge in [-0.15, -0.1) is 0 Å². The summed E-state index contributed by atoms with van der Waals surface area (Å²) in [4.78, 5) is 13.9. The topological polar surface area (TPSA) is 20.3 Å². The Kier molecular flexibility index (Phi) is 4.33. The number of hydrogen-bond acceptors (Lipinski definition) is 2. The number of piperidine rings is 1. The summed E-state index contributed by atoms with van der Waals surface area (Å²) < 4.78 is 0. The maximum Gasteiger partial charge on any atom is 0.162 e. The summed E-state index contributed by atoms with van der Waals surface area (Å²) in [5.41, 5.74) is 0.780. The average molecular weight is 195 g/mol. The van der Waals surface area contributed by atoms with Crippen LogP contribution in [0.1, 0.15) is 33.1 Å². The van der Waals surface area contributed by atoms with Crippen LogP contribution in [0, 0.1) is 5.92 Å². The van der Waals surface area contributed by atoms with Gasteiger partial charge in [-0.1, -0.05) is 26.8 Å². The van der Waals surface area contributed by atoms with E-state index in [1.54, 1.807) is 0 Å². The summed E-state index contributed by atoms with van der Waals surface area (Å²) in [7, 11) is 0. The van der Waals surface area contributed by atoms with Gasteiger partial charge in [-0.05, 0) is 25.9 Å². The van der Waals surface area contributed by atoms with Gasteiger partial charge in [0.2, 0.25) is 0 Å². The molecule has 80 valence electrons. The van der Waals surface area contributed by atoms with Crippen molar-refractivity contribution in [2.45, 2.75) is 33.1 Å². The van der Waals surface area contributed by atoms with Crippen molar-refractivity contribution in [3.63, 3.8) is 0 Å². The summed E-state index contributed by atoms with van der Waals surface area (Å²) in [6, 6.07) is 0. The van der Waals surface area contributed by atoms with Crippen LogP contribution < -0.4 is 0 Å². The predicted octanol–water partition coefficient (Wildman–Crippen LogP) is 2.25. The molecule has 1 aliphatic rings. The highest BCUT2D eigenvalue weighted by atomic mass is 16.1. The Morgan fingerprint density at radius 2 is 1.86 bits per heavy atom. The van der Waals surface area contributed by atoms with Crippen LogP contribution in [0.4, 0.5) is 0 Å². The number of rotatable bonds is 4. The van der Waals surface area contributed by atoms with Crippen molar-refractivity contribution in [2.75, 3.05) is 19.6 Å². The van der Waals surface area contributed by atoms with Crippen LogP contribution in [0.5, 0.6) is 0 Å². The molecule has 0 aromatic heterocycles. The molecule has 0 amide bonds. The van der Waals surface area contributed by atoms with Crippen LogP contribution >= 0.6 is 0 Å². The Labute approximate surface area is 87.0 Å². The number of hydrogen-bond donors (Lipinski definition) is 0. The normalized spacial score (nSPS) is 18.5. The maximum atomic E-state index is 11.6. The van der Waals surface area contributed by atoms with Gasteiger partial charge in [0.25, 0.3) is 0 Å². The number of carbonyl (C=O) groups is 1. The molecule has 0 aliphatic carbocycles. The van der Waals surface area contributed by atoms with Gasteiger partial charge in [0.05, 0.1) is 0 Å². The van der Waals surface area contributed by atoms with E-state index in [9.17, 15) is 4.79 Å². The molecule has 0 atom stereocenters. The van der Waals surface area contributed by atoms with E-state index in [-0.39, 0.29) is 11.7 Å². The maximum absolute atomic E-state index is 11.6. The number of carbonyl (C=O) groups excluding carboxylic acids is 1. The van der Waals surface area contributed by atoms with E-state index in [0.29, 0.717) is 0 Å². The zero-order valence-electron chi connectivity index (χ0n) is 9.38. The second-order valence-corrected chi connectivity index (χ2v) is 4.46. The first kappa shape index (κ1) is 11.4. The van der Waals surface area contributed by atoms with Crippen molar-refractivity contribution in [2.24, 2.45) is 5.92 Å². The summed E-state index contributed by atoms with van der Waals surface area (Å²) in [5.74, 6) is 0.308. The number of likely N-dealkylation sites (tertiary alicyclic amines) is 1. The monoisotopic (exact) mass is 195 g/mol. The van der Waals surface area contributed by atoms with Crippen LogP contribution in [0.25, 0.3) is 0 Å². The predicted molar refractivity (Wildman–Crippen MR) is 59.3 cm³/mol. The number of nitrogens with zero attached hydrogens (tertiary/aromatic N) is 1. The van der Waals surface area contributed by atoms with E-state index < -0.39 is 0 Å². The second kappa shape index (κ2) is 5.30. The van der Waals surface area contributed by atoms with E-state index >= 15 is 0 Å². The van der Waals surface area contributed by atoms with E-state index in [0.717, 1.165) is 25.2 Å². The van der Waals surface area contributed by atoms with Crippen LogP contribution in [0.3, 0.4) is 0 Å². The van der Waals surface area contributed by atoms with Crippen LogP contribution in [-0.2, 0) is 4.79 Å². The van der Waals surface area contributed by atoms with Crippen LogP contribution in [0.2, 0.25) is 0 Å². The van der Waals surface area contributed by atoms with Gasteiger partial charge in [0, 0.05) is 18.0 Å². The zero-order chi connectivity index (χ0) is 10.6. The fourth-order valence-corrected chi connectivity index (χ4v) is 1.87. The Bertz CT molecular complexity index is 214. The third-order valence-corrected chi connectivity index (χ3v) is 2.74. The molecule has 0 aromatic rings. The van der Waals surface area contributed by atoms with E-state index in [4.69, 9.17) is 0 Å². The van der Waals surface area contributed by atoms with Gasteiger partial charge in [-0.3, -0.25) is 9.69 Å². The van der Waals surface area contributed by atoms with E-state index in [1.807, 2.05) is 13.8 Å². The molecule has 0 bridgehead atoms. The lowest BCUT2D eigenvalue weighted by Crippen LogP contribution is -2.33. The zero-order valence-corrected chi connectivity index (χ0v) is 9.38. The first-order valence-electron chi connectivity index (χ1n) is 5.55. The Morgan fingerprint density at radius 1 is 1.29 bits per heavy atom. The lowest BCUT2D eigenvalue weighted by Gasteiger charge is -2.27. The largest absolute Gasteiger partial charge is 0.299 e. The Balaban J connectivity index is 2.35. The minimum absolute atomic E-state index is 0.0901. The first-order valence-corrected chi connectivity index (χ1v) is 5.55. The summed E-state index contributed by atoms with van der Waals surface area (Å²) in [6.45, 7) is 10.8. The molecule has 1 fully saturated rings. The van der Waals surface area contributed by atoms with Crippen molar-refractivity contribution < 1.29 is 4.79 Å². The van der Waals surface area contributed by atoms with E-state index in [1.165, 1.54) is 19.3 Å². The summed E-state index contributed by atoms with van der Waals surface area (Å²) >= 11 is 0. The molecule has 0 aromatic carbocycles. The molecule has 1 aliphatic heterocycles. The van der Waals surface area contributed by atoms with Gasteiger partial charge in [-0.2, -0.15) is 0 Å². The Morgan fingerprint density at radius 3 is 2.36 bits per heavy atom. The molecule has 0 saturated carbocycles. The smallest absolute Gasteiger partial charge is 0.162 e. The molecule has 1 saturated heterocycles. The van der Waals surface area contributed by atoms with Gasteiger partial charge in [-0.25, -0.2) is 0 Å². The molecule has 0 unspecified atom stereocenters. The Hall–Kier alpha value is -0.630. The molecular formula is C12H21NO. The van der Waals surface area contributed by atoms with Crippen molar-refractivity contribution in [1.82, 2.24) is 4.90 Å². The second-order valence-electron chi connectivity index (χ2n) is 4.46. The van der Waals surface area contributed by atoms with Crippen molar-refractivity contribution >= 4 is 5.78 Å². The molecular weight excluding hydrogens is 174 g/mol. The quantitative estimate of drug-likeness (QED) is 0.641. The third kappa shape index (κ3) is 3.26. The molecule has 2 heteroatoms. The van der Waals surface area contributed by atoms with Crippen molar-refractivity contribution in [3.05, 3.63) is 12.2 Å². The third-order valence-electron chi connectivity index (χ3n) is 2.74. The molecule has 1 rings (SSSR count). The standard InChI is InChI=1S/C12H21NO/c1-10(2)12(14)11(3)9-13-7-5-4-6-8-13/h10H,3-9H2,1-2H3. The van der Waals surface area contributed by atoms with Crippen molar-refractivity contribution in [3.8, 4) is 0 Å². The number of ketones is 1. The van der Waals surface area contributed by atoms with E-state index in [2.05, 4.69) is 11.5 Å². The summed E-state index contributed by atoms with van der Waals surface area (Å²) in [6.07, 6.45) is 3.87. The summed E-state index contributed by atoms with van der Waals surface area (Å²) in [5, 5.41) is 0. The lowest BCUT2D eigenvalue weighted by atomic mass is 10.0. The van der Waals surface area contributed by atoms with Gasteiger partial charge in [0.15, 0.2) is 5.78 Å². The van der Waals surface area contributed by atoms with Crippen LogP contribution in [-0.4, -0.2) is 30.3 Å². The highest BCUT2D eigenvalue weighted by Crippen LogP contribution is 2.12. The minimum atomic E-state index is 0.0901. The van der Waals surface area contributed by atoms with Crippen molar-refractivity contribution in [1.29, 1.82) is 0 Å². The number of Topliss-reactive ketones (excluding diaryl/α,β-unsaturated/α-hetero) is 1.